The van der Waals surface area contributed by atoms with Crippen LogP contribution in [0.2, 0.25) is 0 Å². The fraction of sp³-hybridized carbons (Fsp3) is 0.364. The van der Waals surface area contributed by atoms with E-state index < -0.39 is 0 Å². The molecule has 2 aromatic carbocycles. The number of hydrogen-bond acceptors (Lipinski definition) is 3. The molecule has 2 aromatic rings. The van der Waals surface area contributed by atoms with Crippen molar-refractivity contribution in [3.05, 3.63) is 59.2 Å². The molecule has 0 unspecified atom stereocenters. The maximum atomic E-state index is 12.0. The van der Waals surface area contributed by atoms with Gasteiger partial charge in [-0.1, -0.05) is 29.8 Å². The largest absolute Gasteiger partial charge is 0.493 e. The Labute approximate surface area is 160 Å². The fourth-order valence-electron chi connectivity index (χ4n) is 2.85. The van der Waals surface area contributed by atoms with E-state index >= 15 is 0 Å². The zero-order valence-electron chi connectivity index (χ0n) is 15.9. The Hall–Kier alpha value is -2.82. The number of carbonyl (C=O) groups excluding carboxylic acids is 2. The van der Waals surface area contributed by atoms with Crippen molar-refractivity contribution in [1.29, 1.82) is 0 Å². The number of aryl methyl sites for hydroxylation is 2. The van der Waals surface area contributed by atoms with E-state index in [1.54, 1.807) is 0 Å². The van der Waals surface area contributed by atoms with E-state index in [4.69, 9.17) is 4.74 Å². The second-order valence-corrected chi connectivity index (χ2v) is 7.11. The van der Waals surface area contributed by atoms with Crippen molar-refractivity contribution in [3.63, 3.8) is 0 Å². The minimum atomic E-state index is -0.0628. The van der Waals surface area contributed by atoms with Gasteiger partial charge >= 0.3 is 0 Å². The molecule has 0 heterocycles. The zero-order valence-corrected chi connectivity index (χ0v) is 15.9. The van der Waals surface area contributed by atoms with Crippen LogP contribution in [-0.4, -0.2) is 18.4 Å². The Bertz CT molecular complexity index is 828. The molecule has 142 valence electrons. The molecule has 2 N–H and O–H groups in total. The predicted octanol–water partition coefficient (Wildman–Crippen LogP) is 3.74. The van der Waals surface area contributed by atoms with Crippen LogP contribution in [0.3, 0.4) is 0 Å². The van der Waals surface area contributed by atoms with Gasteiger partial charge in [-0.25, -0.2) is 0 Å². The first-order chi connectivity index (χ1) is 13.0. The minimum absolute atomic E-state index is 0.0628. The van der Waals surface area contributed by atoms with Gasteiger partial charge in [0.1, 0.15) is 5.75 Å². The van der Waals surface area contributed by atoms with Crippen LogP contribution in [0, 0.1) is 19.8 Å². The Morgan fingerprint density at radius 1 is 1.11 bits per heavy atom. The van der Waals surface area contributed by atoms with E-state index in [1.165, 1.54) is 5.56 Å². The van der Waals surface area contributed by atoms with Crippen LogP contribution in [0.1, 0.15) is 36.0 Å². The van der Waals surface area contributed by atoms with Crippen LogP contribution < -0.4 is 15.4 Å². The van der Waals surface area contributed by atoms with Gasteiger partial charge in [0.15, 0.2) is 0 Å². The Morgan fingerprint density at radius 2 is 1.93 bits per heavy atom. The maximum Gasteiger partial charge on any atom is 0.227 e. The molecule has 0 saturated heterocycles. The third kappa shape index (κ3) is 5.84. The third-order valence-electron chi connectivity index (χ3n) is 4.55. The summed E-state index contributed by atoms with van der Waals surface area (Å²) < 4.78 is 5.70. The van der Waals surface area contributed by atoms with Crippen molar-refractivity contribution < 1.29 is 14.3 Å². The second kappa shape index (κ2) is 8.71. The van der Waals surface area contributed by atoms with Gasteiger partial charge < -0.3 is 15.4 Å². The molecule has 1 saturated carbocycles. The molecular formula is C22H26N2O3. The summed E-state index contributed by atoms with van der Waals surface area (Å²) in [5, 5.41) is 5.81. The number of anilines is 1. The molecule has 0 aliphatic heterocycles. The summed E-state index contributed by atoms with van der Waals surface area (Å²) in [5.41, 5.74) is 3.98. The van der Waals surface area contributed by atoms with Crippen LogP contribution in [-0.2, 0) is 16.1 Å². The van der Waals surface area contributed by atoms with Crippen molar-refractivity contribution in [2.24, 2.45) is 5.92 Å². The minimum Gasteiger partial charge on any atom is -0.493 e. The van der Waals surface area contributed by atoms with Crippen molar-refractivity contribution in [1.82, 2.24) is 5.32 Å². The summed E-state index contributed by atoms with van der Waals surface area (Å²) >= 11 is 0. The molecule has 0 radical (unpaired) electrons. The number of nitrogens with one attached hydrogen (secondary N) is 2. The number of benzene rings is 2. The molecule has 1 aliphatic carbocycles. The third-order valence-corrected chi connectivity index (χ3v) is 4.55. The number of hydrogen-bond donors (Lipinski definition) is 2. The van der Waals surface area contributed by atoms with Crippen LogP contribution in [0.4, 0.5) is 5.69 Å². The number of carbonyl (C=O) groups is 2. The summed E-state index contributed by atoms with van der Waals surface area (Å²) in [7, 11) is 0. The fourth-order valence-corrected chi connectivity index (χ4v) is 2.85. The lowest BCUT2D eigenvalue weighted by Crippen LogP contribution is -2.24. The Morgan fingerprint density at radius 3 is 2.67 bits per heavy atom. The summed E-state index contributed by atoms with van der Waals surface area (Å²) in [5.74, 6) is 1.00. The molecule has 5 nitrogen and oxygen atoms in total. The molecule has 1 fully saturated rings. The second-order valence-electron chi connectivity index (χ2n) is 7.11. The highest BCUT2D eigenvalue weighted by atomic mass is 16.5. The molecule has 0 aromatic heterocycles. The molecule has 3 rings (SSSR count). The van der Waals surface area contributed by atoms with Gasteiger partial charge in [-0.15, -0.1) is 0 Å². The van der Waals surface area contributed by atoms with Gasteiger partial charge in [-0.3, -0.25) is 9.59 Å². The topological polar surface area (TPSA) is 67.4 Å². The SMILES string of the molecule is Cc1ccc(OCCC(=O)NCc2cccc(NC(=O)C3CC3)c2)c(C)c1. The molecule has 0 atom stereocenters. The lowest BCUT2D eigenvalue weighted by atomic mass is 10.1. The highest BCUT2D eigenvalue weighted by molar-refractivity contribution is 5.94. The van der Waals surface area contributed by atoms with Crippen LogP contribution >= 0.6 is 0 Å². The van der Waals surface area contributed by atoms with Gasteiger partial charge in [-0.05, 0) is 56.0 Å². The monoisotopic (exact) mass is 366 g/mol. The first-order valence-corrected chi connectivity index (χ1v) is 9.38. The standard InChI is InChI=1S/C22H26N2O3/c1-15-6-9-20(16(2)12-15)27-11-10-21(25)23-14-17-4-3-5-19(13-17)24-22(26)18-7-8-18/h3-6,9,12-13,18H,7-8,10-11,14H2,1-2H3,(H,23,25)(H,24,26). The van der Waals surface area contributed by atoms with Crippen molar-refractivity contribution in [3.8, 4) is 5.75 Å². The average molecular weight is 366 g/mol. The Kier molecular flexibility index (Phi) is 6.12. The summed E-state index contributed by atoms with van der Waals surface area (Å²) in [6.45, 7) is 4.80. The summed E-state index contributed by atoms with van der Waals surface area (Å²) in [6.07, 6.45) is 2.25. The molecule has 2 amide bonds. The maximum absolute atomic E-state index is 12.0. The number of ether oxygens (including phenoxy) is 1. The highest BCUT2D eigenvalue weighted by Gasteiger charge is 2.29. The lowest BCUT2D eigenvalue weighted by Gasteiger charge is -2.11. The Balaban J connectivity index is 1.41. The first kappa shape index (κ1) is 19.0. The van der Waals surface area contributed by atoms with E-state index in [0.717, 1.165) is 35.4 Å². The van der Waals surface area contributed by atoms with Gasteiger partial charge in [0.2, 0.25) is 11.8 Å². The lowest BCUT2D eigenvalue weighted by molar-refractivity contribution is -0.121. The molecule has 0 bridgehead atoms. The van der Waals surface area contributed by atoms with E-state index in [9.17, 15) is 9.59 Å². The van der Waals surface area contributed by atoms with Gasteiger partial charge in [0.05, 0.1) is 13.0 Å². The predicted molar refractivity (Wildman–Crippen MR) is 106 cm³/mol. The number of amides is 2. The van der Waals surface area contributed by atoms with Crippen molar-refractivity contribution in [2.75, 3.05) is 11.9 Å². The normalized spacial score (nSPS) is 13.1. The number of rotatable bonds is 8. The van der Waals surface area contributed by atoms with Crippen molar-refractivity contribution >= 4 is 17.5 Å². The van der Waals surface area contributed by atoms with E-state index in [0.29, 0.717) is 19.6 Å². The molecule has 1 aliphatic rings. The molecule has 0 spiro atoms. The van der Waals surface area contributed by atoms with Gasteiger partial charge in [0.25, 0.3) is 0 Å². The average Bonchev–Trinajstić information content (AvgIpc) is 3.47. The smallest absolute Gasteiger partial charge is 0.227 e. The highest BCUT2D eigenvalue weighted by Crippen LogP contribution is 2.30. The van der Waals surface area contributed by atoms with Crippen LogP contribution in [0.25, 0.3) is 0 Å². The van der Waals surface area contributed by atoms with Crippen molar-refractivity contribution in [2.45, 2.75) is 39.7 Å². The first-order valence-electron chi connectivity index (χ1n) is 9.38. The van der Waals surface area contributed by atoms with E-state index in [1.807, 2.05) is 50.2 Å². The van der Waals surface area contributed by atoms with E-state index in [-0.39, 0.29) is 17.7 Å². The quantitative estimate of drug-likeness (QED) is 0.748. The molecular weight excluding hydrogens is 340 g/mol. The summed E-state index contributed by atoms with van der Waals surface area (Å²) in [6, 6.07) is 13.6. The summed E-state index contributed by atoms with van der Waals surface area (Å²) in [4.78, 5) is 23.9. The van der Waals surface area contributed by atoms with Crippen LogP contribution in [0.15, 0.2) is 42.5 Å². The van der Waals surface area contributed by atoms with Crippen LogP contribution in [0.5, 0.6) is 5.75 Å². The van der Waals surface area contributed by atoms with E-state index in [2.05, 4.69) is 16.7 Å². The molecule has 5 heteroatoms. The molecule has 27 heavy (non-hydrogen) atoms. The van der Waals surface area contributed by atoms with Gasteiger partial charge in [-0.2, -0.15) is 0 Å². The van der Waals surface area contributed by atoms with Gasteiger partial charge in [0, 0.05) is 18.2 Å². The zero-order chi connectivity index (χ0) is 19.2.